The maximum absolute atomic E-state index is 12.3. The Morgan fingerprint density at radius 2 is 1.85 bits per heavy atom. The molecule has 0 saturated carbocycles. The van der Waals surface area contributed by atoms with Crippen LogP contribution in [0.3, 0.4) is 0 Å². The van der Waals surface area contributed by atoms with Crippen molar-refractivity contribution in [3.8, 4) is 0 Å². The standard InChI is InChI=1S/C20H17ClN2O4/c21-14-9-10-17(16(11-14)20(25)26)22-19(24)18-12-15(27-23-18)8-4-7-13-5-2-1-3-6-13/h1-3,5-6,9-12H,4,7-8H2,(H,22,24)(H,25,26). The molecule has 1 aromatic heterocycles. The van der Waals surface area contributed by atoms with E-state index >= 15 is 0 Å². The van der Waals surface area contributed by atoms with Crippen LogP contribution in [-0.2, 0) is 12.8 Å². The number of rotatable bonds is 7. The summed E-state index contributed by atoms with van der Waals surface area (Å²) >= 11 is 5.81. The Labute approximate surface area is 160 Å². The van der Waals surface area contributed by atoms with Crippen molar-refractivity contribution >= 4 is 29.2 Å². The predicted molar refractivity (Wildman–Crippen MR) is 101 cm³/mol. The van der Waals surface area contributed by atoms with Gasteiger partial charge in [0.2, 0.25) is 0 Å². The number of aryl methyl sites for hydroxylation is 2. The summed E-state index contributed by atoms with van der Waals surface area (Å²) in [6.07, 6.45) is 2.41. The van der Waals surface area contributed by atoms with Crippen molar-refractivity contribution in [2.24, 2.45) is 0 Å². The highest BCUT2D eigenvalue weighted by Gasteiger charge is 2.17. The van der Waals surface area contributed by atoms with Gasteiger partial charge in [0, 0.05) is 17.5 Å². The molecule has 2 N–H and O–H groups in total. The van der Waals surface area contributed by atoms with Gasteiger partial charge in [-0.25, -0.2) is 4.79 Å². The maximum atomic E-state index is 12.3. The first-order valence-corrected chi connectivity index (χ1v) is 8.74. The number of anilines is 1. The lowest BCUT2D eigenvalue weighted by atomic mass is 10.1. The van der Waals surface area contributed by atoms with Crippen LogP contribution in [0.15, 0.2) is 59.1 Å². The molecule has 0 aliphatic heterocycles. The summed E-state index contributed by atoms with van der Waals surface area (Å²) < 4.78 is 5.21. The summed E-state index contributed by atoms with van der Waals surface area (Å²) in [4.78, 5) is 23.6. The van der Waals surface area contributed by atoms with E-state index in [2.05, 4.69) is 22.6 Å². The van der Waals surface area contributed by atoms with Gasteiger partial charge < -0.3 is 14.9 Å². The number of carbonyl (C=O) groups excluding carboxylic acids is 1. The van der Waals surface area contributed by atoms with Crippen LogP contribution in [0.5, 0.6) is 0 Å². The van der Waals surface area contributed by atoms with Gasteiger partial charge in [-0.15, -0.1) is 0 Å². The zero-order chi connectivity index (χ0) is 19.2. The van der Waals surface area contributed by atoms with Gasteiger partial charge in [0.25, 0.3) is 5.91 Å². The largest absolute Gasteiger partial charge is 0.478 e. The van der Waals surface area contributed by atoms with Crippen LogP contribution in [0, 0.1) is 0 Å². The van der Waals surface area contributed by atoms with Crippen LogP contribution >= 0.6 is 11.6 Å². The van der Waals surface area contributed by atoms with Gasteiger partial charge in [0.05, 0.1) is 11.3 Å². The summed E-state index contributed by atoms with van der Waals surface area (Å²) in [5.41, 5.74) is 1.38. The van der Waals surface area contributed by atoms with Crippen molar-refractivity contribution in [1.82, 2.24) is 5.16 Å². The lowest BCUT2D eigenvalue weighted by Crippen LogP contribution is -2.15. The van der Waals surface area contributed by atoms with Gasteiger partial charge in [-0.2, -0.15) is 0 Å². The van der Waals surface area contributed by atoms with Crippen LogP contribution in [0.2, 0.25) is 5.02 Å². The van der Waals surface area contributed by atoms with Crippen LogP contribution in [-0.4, -0.2) is 22.1 Å². The number of aromatic nitrogens is 1. The second kappa shape index (κ2) is 8.51. The summed E-state index contributed by atoms with van der Waals surface area (Å²) in [5.74, 6) is -1.13. The van der Waals surface area contributed by atoms with Gasteiger partial charge in [-0.05, 0) is 36.6 Å². The van der Waals surface area contributed by atoms with E-state index in [1.54, 1.807) is 6.07 Å². The molecule has 0 atom stereocenters. The van der Waals surface area contributed by atoms with E-state index < -0.39 is 11.9 Å². The number of hydrogen-bond acceptors (Lipinski definition) is 4. The van der Waals surface area contributed by atoms with Crippen LogP contribution < -0.4 is 5.32 Å². The number of carboxylic acids is 1. The van der Waals surface area contributed by atoms with E-state index in [0.717, 1.165) is 12.8 Å². The Morgan fingerprint density at radius 3 is 2.59 bits per heavy atom. The smallest absolute Gasteiger partial charge is 0.337 e. The third-order valence-corrected chi connectivity index (χ3v) is 4.22. The number of halogens is 1. The van der Waals surface area contributed by atoms with Crippen molar-refractivity contribution < 1.29 is 19.2 Å². The number of benzene rings is 2. The Balaban J connectivity index is 1.61. The van der Waals surface area contributed by atoms with Gasteiger partial charge in [-0.1, -0.05) is 47.1 Å². The SMILES string of the molecule is O=C(Nc1ccc(Cl)cc1C(=O)O)c1cc(CCCc2ccccc2)on1. The predicted octanol–water partition coefficient (Wildman–Crippen LogP) is 4.45. The Hall–Kier alpha value is -3.12. The number of aromatic carboxylic acids is 1. The van der Waals surface area contributed by atoms with Gasteiger partial charge >= 0.3 is 5.97 Å². The van der Waals surface area contributed by atoms with E-state index in [4.69, 9.17) is 16.1 Å². The molecule has 1 heterocycles. The Bertz CT molecular complexity index is 954. The molecule has 0 radical (unpaired) electrons. The van der Waals surface area contributed by atoms with Crippen molar-refractivity contribution in [3.05, 3.63) is 82.2 Å². The van der Waals surface area contributed by atoms with Crippen LogP contribution in [0.4, 0.5) is 5.69 Å². The number of hydrogen-bond donors (Lipinski definition) is 2. The van der Waals surface area contributed by atoms with Crippen molar-refractivity contribution in [2.45, 2.75) is 19.3 Å². The molecule has 6 nitrogen and oxygen atoms in total. The molecule has 2 aromatic carbocycles. The fraction of sp³-hybridized carbons (Fsp3) is 0.150. The lowest BCUT2D eigenvalue weighted by Gasteiger charge is -2.07. The Morgan fingerprint density at radius 1 is 1.07 bits per heavy atom. The zero-order valence-corrected chi connectivity index (χ0v) is 15.1. The third-order valence-electron chi connectivity index (χ3n) is 3.98. The fourth-order valence-electron chi connectivity index (χ4n) is 2.64. The molecule has 27 heavy (non-hydrogen) atoms. The normalized spacial score (nSPS) is 10.6. The first-order chi connectivity index (χ1) is 13.0. The monoisotopic (exact) mass is 384 g/mol. The molecule has 138 valence electrons. The minimum Gasteiger partial charge on any atom is -0.478 e. The minimum atomic E-state index is -1.19. The molecule has 0 bridgehead atoms. The number of nitrogens with zero attached hydrogens (tertiary/aromatic N) is 1. The summed E-state index contributed by atoms with van der Waals surface area (Å²) in [6, 6.07) is 15.9. The number of amides is 1. The molecule has 7 heteroatoms. The van der Waals surface area contributed by atoms with E-state index in [9.17, 15) is 14.7 Å². The summed E-state index contributed by atoms with van der Waals surface area (Å²) in [7, 11) is 0. The van der Waals surface area contributed by atoms with E-state index in [0.29, 0.717) is 12.2 Å². The van der Waals surface area contributed by atoms with Crippen molar-refractivity contribution in [2.75, 3.05) is 5.32 Å². The quantitative estimate of drug-likeness (QED) is 0.627. The van der Waals surface area contributed by atoms with Crippen LogP contribution in [0.25, 0.3) is 0 Å². The molecule has 3 rings (SSSR count). The Kier molecular flexibility index (Phi) is 5.88. The molecule has 0 unspecified atom stereocenters. The van der Waals surface area contributed by atoms with E-state index in [-0.39, 0.29) is 22.0 Å². The van der Waals surface area contributed by atoms with Crippen LogP contribution in [0.1, 0.15) is 38.6 Å². The third kappa shape index (κ3) is 4.95. The number of carboxylic acid groups (broad SMARTS) is 1. The lowest BCUT2D eigenvalue weighted by molar-refractivity contribution is 0.0698. The molecular formula is C20H17ClN2O4. The van der Waals surface area contributed by atoms with E-state index in [1.165, 1.54) is 23.8 Å². The number of carbonyl (C=O) groups is 2. The first-order valence-electron chi connectivity index (χ1n) is 8.36. The second-order valence-electron chi connectivity index (χ2n) is 5.97. The molecule has 0 aliphatic rings. The topological polar surface area (TPSA) is 92.4 Å². The average molecular weight is 385 g/mol. The molecule has 0 aliphatic carbocycles. The van der Waals surface area contributed by atoms with E-state index in [1.807, 2.05) is 18.2 Å². The molecule has 0 spiro atoms. The van der Waals surface area contributed by atoms with Gasteiger partial charge in [0.1, 0.15) is 5.76 Å². The molecule has 0 fully saturated rings. The highest BCUT2D eigenvalue weighted by atomic mass is 35.5. The molecule has 3 aromatic rings. The maximum Gasteiger partial charge on any atom is 0.337 e. The molecule has 0 saturated heterocycles. The van der Waals surface area contributed by atoms with Gasteiger partial charge in [0.15, 0.2) is 5.69 Å². The summed E-state index contributed by atoms with van der Waals surface area (Å²) in [5, 5.41) is 15.8. The summed E-state index contributed by atoms with van der Waals surface area (Å²) in [6.45, 7) is 0. The minimum absolute atomic E-state index is 0.0935. The highest BCUT2D eigenvalue weighted by molar-refractivity contribution is 6.31. The first kappa shape index (κ1) is 18.7. The van der Waals surface area contributed by atoms with Crippen molar-refractivity contribution in [1.29, 1.82) is 0 Å². The van der Waals surface area contributed by atoms with Gasteiger partial charge in [-0.3, -0.25) is 4.79 Å². The second-order valence-corrected chi connectivity index (χ2v) is 6.40. The average Bonchev–Trinajstić information content (AvgIpc) is 3.13. The number of nitrogens with one attached hydrogen (secondary N) is 1. The fourth-order valence-corrected chi connectivity index (χ4v) is 2.81. The zero-order valence-electron chi connectivity index (χ0n) is 14.3. The molecule has 1 amide bonds. The highest BCUT2D eigenvalue weighted by Crippen LogP contribution is 2.21. The molecular weight excluding hydrogens is 368 g/mol. The van der Waals surface area contributed by atoms with Crippen molar-refractivity contribution in [3.63, 3.8) is 0 Å².